The minimum absolute atomic E-state index is 0.0664. The molecule has 1 fully saturated rings. The van der Waals surface area contributed by atoms with Crippen molar-refractivity contribution in [2.45, 2.75) is 31.5 Å². The Morgan fingerprint density at radius 3 is 2.29 bits per heavy atom. The lowest BCUT2D eigenvalue weighted by atomic mass is 10.1. The number of methoxy groups -OCH3 is 2. The second-order valence-corrected chi connectivity index (χ2v) is 10.8. The van der Waals surface area contributed by atoms with Gasteiger partial charge in [-0.15, -0.1) is 0 Å². The summed E-state index contributed by atoms with van der Waals surface area (Å²) in [6, 6.07) is 21.1. The molecule has 2 aliphatic rings. The largest absolute Gasteiger partial charge is 0.497 e. The molecule has 1 atom stereocenters. The van der Waals surface area contributed by atoms with E-state index in [1.54, 1.807) is 43.4 Å². The molecule has 9 heteroatoms. The van der Waals surface area contributed by atoms with E-state index in [1.807, 2.05) is 18.2 Å². The predicted molar refractivity (Wildman–Crippen MR) is 159 cm³/mol. The monoisotopic (exact) mass is 573 g/mol. The van der Waals surface area contributed by atoms with E-state index in [-0.39, 0.29) is 24.4 Å². The van der Waals surface area contributed by atoms with Gasteiger partial charge in [-0.1, -0.05) is 30.3 Å². The summed E-state index contributed by atoms with van der Waals surface area (Å²) in [5.74, 6) is 1.09. The van der Waals surface area contributed by atoms with Crippen molar-refractivity contribution in [2.75, 3.05) is 53.6 Å². The minimum atomic E-state index is -0.788. The van der Waals surface area contributed by atoms with Gasteiger partial charge in [0.05, 0.1) is 33.5 Å². The van der Waals surface area contributed by atoms with E-state index in [9.17, 15) is 14.7 Å². The van der Waals surface area contributed by atoms with E-state index < -0.39 is 6.10 Å². The van der Waals surface area contributed by atoms with Crippen LogP contribution in [-0.2, 0) is 24.1 Å². The summed E-state index contributed by atoms with van der Waals surface area (Å²) in [7, 11) is 3.27. The molecule has 0 radical (unpaired) electrons. The lowest BCUT2D eigenvalue weighted by Gasteiger charge is -2.31. The number of nitrogens with one attached hydrogen (secondary N) is 1. The zero-order chi connectivity index (χ0) is 29.5. The van der Waals surface area contributed by atoms with Crippen LogP contribution in [0.25, 0.3) is 0 Å². The molecular formula is C33H39N3O6. The molecule has 9 nitrogen and oxygen atoms in total. The fourth-order valence-electron chi connectivity index (χ4n) is 5.70. The molecule has 1 aliphatic heterocycles. The topological polar surface area (TPSA) is 101 Å². The third-order valence-electron chi connectivity index (χ3n) is 8.05. The molecule has 1 heterocycles. The van der Waals surface area contributed by atoms with Crippen LogP contribution >= 0.6 is 0 Å². The highest BCUT2D eigenvalue weighted by atomic mass is 16.5. The van der Waals surface area contributed by atoms with Gasteiger partial charge in [-0.2, -0.15) is 0 Å². The number of rotatable bonds is 11. The molecule has 1 unspecified atom stereocenters. The maximum Gasteiger partial charge on any atom is 0.254 e. The average Bonchev–Trinajstić information content (AvgIpc) is 3.48. The van der Waals surface area contributed by atoms with Crippen molar-refractivity contribution in [3.8, 4) is 11.5 Å². The van der Waals surface area contributed by atoms with Gasteiger partial charge in [-0.3, -0.25) is 14.5 Å². The Balaban J connectivity index is 1.21. The number of amides is 2. The van der Waals surface area contributed by atoms with Crippen molar-refractivity contribution >= 4 is 11.8 Å². The first-order valence-corrected chi connectivity index (χ1v) is 14.4. The van der Waals surface area contributed by atoms with Gasteiger partial charge < -0.3 is 29.5 Å². The molecule has 2 amide bonds. The number of carbonyl (C=O) groups is 2. The molecule has 0 aromatic heterocycles. The summed E-state index contributed by atoms with van der Waals surface area (Å²) in [5, 5.41) is 13.9. The van der Waals surface area contributed by atoms with Gasteiger partial charge in [0.2, 0.25) is 0 Å². The summed E-state index contributed by atoms with van der Waals surface area (Å²) in [6.07, 6.45) is 0.996. The van der Waals surface area contributed by atoms with E-state index in [1.165, 1.54) is 11.1 Å². The first kappa shape index (κ1) is 29.6. The van der Waals surface area contributed by atoms with Crippen LogP contribution in [0.15, 0.2) is 66.7 Å². The second kappa shape index (κ2) is 13.8. The van der Waals surface area contributed by atoms with Crippen LogP contribution in [0.3, 0.4) is 0 Å². The third kappa shape index (κ3) is 7.10. The van der Waals surface area contributed by atoms with E-state index in [0.29, 0.717) is 50.5 Å². The zero-order valence-corrected chi connectivity index (χ0v) is 24.3. The number of morpholine rings is 1. The summed E-state index contributed by atoms with van der Waals surface area (Å²) < 4.78 is 16.3. The molecule has 0 spiro atoms. The Morgan fingerprint density at radius 2 is 1.64 bits per heavy atom. The lowest BCUT2D eigenvalue weighted by Crippen LogP contribution is -2.44. The van der Waals surface area contributed by atoms with Crippen molar-refractivity contribution in [1.82, 2.24) is 15.1 Å². The van der Waals surface area contributed by atoms with Gasteiger partial charge in [0.1, 0.15) is 11.5 Å². The number of hydrogen-bond donors (Lipinski definition) is 2. The Kier molecular flexibility index (Phi) is 9.74. The quantitative estimate of drug-likeness (QED) is 0.364. The van der Waals surface area contributed by atoms with Crippen LogP contribution in [0, 0.1) is 0 Å². The molecule has 1 saturated heterocycles. The van der Waals surface area contributed by atoms with E-state index in [4.69, 9.17) is 14.2 Å². The van der Waals surface area contributed by atoms with Gasteiger partial charge in [0.15, 0.2) is 0 Å². The molecule has 1 aliphatic carbocycles. The Morgan fingerprint density at radius 1 is 0.976 bits per heavy atom. The van der Waals surface area contributed by atoms with Crippen LogP contribution in [-0.4, -0.2) is 92.5 Å². The van der Waals surface area contributed by atoms with Crippen LogP contribution in [0.2, 0.25) is 0 Å². The Labute approximate surface area is 247 Å². The Hall–Kier alpha value is -3.92. The van der Waals surface area contributed by atoms with Crippen LogP contribution in [0.4, 0.5) is 0 Å². The number of hydrogen-bond acceptors (Lipinski definition) is 7. The lowest BCUT2D eigenvalue weighted by molar-refractivity contribution is 0.0303. The molecular weight excluding hydrogens is 534 g/mol. The minimum Gasteiger partial charge on any atom is -0.497 e. The summed E-state index contributed by atoms with van der Waals surface area (Å²) in [5.41, 5.74) is 4.62. The highest BCUT2D eigenvalue weighted by molar-refractivity contribution is 5.97. The number of nitrogens with zero attached hydrogens (tertiary/aromatic N) is 2. The normalized spacial score (nSPS) is 15.8. The molecule has 0 saturated carbocycles. The number of fused-ring (bicyclic) bond motifs is 1. The van der Waals surface area contributed by atoms with Crippen molar-refractivity contribution in [1.29, 1.82) is 0 Å². The molecule has 222 valence electrons. The number of carbonyl (C=O) groups excluding carboxylic acids is 2. The van der Waals surface area contributed by atoms with Gasteiger partial charge >= 0.3 is 0 Å². The van der Waals surface area contributed by atoms with Crippen LogP contribution in [0.5, 0.6) is 11.5 Å². The standard InChI is InChI=1S/C33H39N3O6/c1-40-30-12-11-27(31(19-30)41-2)21-36(28-17-25-5-3-4-6-26(25)18-28)22-29(37)20-34-32(38)23-7-9-24(10-8-23)33(39)35-13-15-42-16-14-35/h3-12,19,28-29,37H,13-18,20-22H2,1-2H3,(H,34,38). The molecule has 5 rings (SSSR count). The first-order valence-electron chi connectivity index (χ1n) is 14.4. The maximum absolute atomic E-state index is 12.9. The van der Waals surface area contributed by atoms with Crippen molar-refractivity contribution < 1.29 is 28.9 Å². The van der Waals surface area contributed by atoms with Crippen LogP contribution in [0.1, 0.15) is 37.4 Å². The predicted octanol–water partition coefficient (Wildman–Crippen LogP) is 2.94. The van der Waals surface area contributed by atoms with Gasteiger partial charge in [0, 0.05) is 61.5 Å². The number of benzene rings is 3. The highest BCUT2D eigenvalue weighted by Crippen LogP contribution is 2.30. The van der Waals surface area contributed by atoms with Gasteiger partial charge in [-0.05, 0) is 54.3 Å². The zero-order valence-electron chi connectivity index (χ0n) is 24.3. The van der Waals surface area contributed by atoms with Gasteiger partial charge in [0.25, 0.3) is 11.8 Å². The number of ether oxygens (including phenoxy) is 3. The van der Waals surface area contributed by atoms with Gasteiger partial charge in [-0.25, -0.2) is 0 Å². The van der Waals surface area contributed by atoms with Crippen molar-refractivity contribution in [3.63, 3.8) is 0 Å². The summed E-state index contributed by atoms with van der Waals surface area (Å²) >= 11 is 0. The fourth-order valence-corrected chi connectivity index (χ4v) is 5.70. The number of aliphatic hydroxyl groups is 1. The van der Waals surface area contributed by atoms with E-state index in [0.717, 1.165) is 29.9 Å². The third-order valence-corrected chi connectivity index (χ3v) is 8.05. The SMILES string of the molecule is COc1ccc(CN(CC(O)CNC(=O)c2ccc(C(=O)N3CCOCC3)cc2)C2Cc3ccccc3C2)c(OC)c1. The Bertz CT molecular complexity index is 1350. The second-order valence-electron chi connectivity index (χ2n) is 10.8. The summed E-state index contributed by atoms with van der Waals surface area (Å²) in [4.78, 5) is 29.6. The van der Waals surface area contributed by atoms with Crippen molar-refractivity contribution in [2.24, 2.45) is 0 Å². The van der Waals surface area contributed by atoms with E-state index >= 15 is 0 Å². The smallest absolute Gasteiger partial charge is 0.254 e. The van der Waals surface area contributed by atoms with E-state index in [2.05, 4.69) is 34.5 Å². The first-order chi connectivity index (χ1) is 20.4. The molecule has 3 aromatic rings. The van der Waals surface area contributed by atoms with Crippen LogP contribution < -0.4 is 14.8 Å². The molecule has 2 N–H and O–H groups in total. The molecule has 42 heavy (non-hydrogen) atoms. The highest BCUT2D eigenvalue weighted by Gasteiger charge is 2.29. The maximum atomic E-state index is 12.9. The average molecular weight is 574 g/mol. The number of aliphatic hydroxyl groups excluding tert-OH is 1. The molecule has 3 aromatic carbocycles. The van der Waals surface area contributed by atoms with Crippen molar-refractivity contribution in [3.05, 3.63) is 94.5 Å². The molecule has 0 bridgehead atoms. The fraction of sp³-hybridized carbons (Fsp3) is 0.394. The summed E-state index contributed by atoms with van der Waals surface area (Å²) in [6.45, 7) is 3.25.